The molecular weight excluding hydrogens is 342 g/mol. The molecule has 0 fully saturated rings. The van der Waals surface area contributed by atoms with Crippen LogP contribution in [-0.4, -0.2) is 53.9 Å². The molecule has 1 aromatic rings. The van der Waals surface area contributed by atoms with Crippen LogP contribution in [0, 0.1) is 6.92 Å². The Bertz CT molecular complexity index is 608. The van der Waals surface area contributed by atoms with Crippen molar-refractivity contribution < 1.29 is 17.9 Å². The van der Waals surface area contributed by atoms with E-state index < -0.39 is 10.0 Å². The molecule has 1 rings (SSSR count). The van der Waals surface area contributed by atoms with Gasteiger partial charge in [-0.25, -0.2) is 8.42 Å². The van der Waals surface area contributed by atoms with Gasteiger partial charge in [-0.05, 0) is 24.6 Å². The highest BCUT2D eigenvalue weighted by Gasteiger charge is 2.10. The SMILES string of the molecule is COCCNCCNC(=O)c1ccc(C)c(NS(C)(=O)=O)c1.Cl. The number of methoxy groups -OCH3 is 1. The Morgan fingerprint density at radius 1 is 1.22 bits per heavy atom. The minimum absolute atomic E-state index is 0. The van der Waals surface area contributed by atoms with Crippen LogP contribution in [0.5, 0.6) is 0 Å². The van der Waals surface area contributed by atoms with Gasteiger partial charge in [-0.1, -0.05) is 6.07 Å². The summed E-state index contributed by atoms with van der Waals surface area (Å²) in [6, 6.07) is 4.90. The first-order valence-electron chi connectivity index (χ1n) is 6.90. The maximum Gasteiger partial charge on any atom is 0.251 e. The maximum absolute atomic E-state index is 12.0. The van der Waals surface area contributed by atoms with Crippen LogP contribution in [0.4, 0.5) is 5.69 Å². The lowest BCUT2D eigenvalue weighted by Crippen LogP contribution is -2.33. The summed E-state index contributed by atoms with van der Waals surface area (Å²) in [6.07, 6.45) is 1.07. The lowest BCUT2D eigenvalue weighted by atomic mass is 10.1. The molecule has 0 saturated heterocycles. The van der Waals surface area contributed by atoms with Crippen LogP contribution < -0.4 is 15.4 Å². The third kappa shape index (κ3) is 8.75. The molecule has 1 amide bonds. The third-order valence-corrected chi connectivity index (χ3v) is 3.46. The Morgan fingerprint density at radius 2 is 1.91 bits per heavy atom. The first-order chi connectivity index (χ1) is 10.3. The van der Waals surface area contributed by atoms with Crippen LogP contribution in [0.1, 0.15) is 15.9 Å². The average molecular weight is 366 g/mol. The van der Waals surface area contributed by atoms with Crippen molar-refractivity contribution >= 4 is 34.0 Å². The van der Waals surface area contributed by atoms with Gasteiger partial charge < -0.3 is 15.4 Å². The van der Waals surface area contributed by atoms with Crippen LogP contribution in [0.2, 0.25) is 0 Å². The van der Waals surface area contributed by atoms with Gasteiger partial charge in [0.15, 0.2) is 0 Å². The fraction of sp³-hybridized carbons (Fsp3) is 0.500. The number of ether oxygens (including phenoxy) is 1. The molecule has 0 unspecified atom stereocenters. The minimum atomic E-state index is -3.38. The number of hydrogen-bond acceptors (Lipinski definition) is 5. The van der Waals surface area contributed by atoms with Crippen LogP contribution in [0.25, 0.3) is 0 Å². The number of rotatable bonds is 9. The highest BCUT2D eigenvalue weighted by atomic mass is 35.5. The number of amides is 1. The van der Waals surface area contributed by atoms with Gasteiger partial charge in [0.1, 0.15) is 0 Å². The highest BCUT2D eigenvalue weighted by Crippen LogP contribution is 2.17. The zero-order valence-corrected chi connectivity index (χ0v) is 15.1. The Labute approximate surface area is 143 Å². The molecule has 0 bridgehead atoms. The molecule has 3 N–H and O–H groups in total. The van der Waals surface area contributed by atoms with Crippen molar-refractivity contribution in [3.8, 4) is 0 Å². The number of nitrogens with one attached hydrogen (secondary N) is 3. The molecule has 23 heavy (non-hydrogen) atoms. The Kier molecular flexibility index (Phi) is 9.82. The first-order valence-corrected chi connectivity index (χ1v) is 8.79. The predicted molar refractivity (Wildman–Crippen MR) is 94.0 cm³/mol. The summed E-state index contributed by atoms with van der Waals surface area (Å²) in [5.74, 6) is -0.245. The fourth-order valence-corrected chi connectivity index (χ4v) is 2.36. The largest absolute Gasteiger partial charge is 0.383 e. The summed E-state index contributed by atoms with van der Waals surface area (Å²) in [5, 5.41) is 5.88. The smallest absolute Gasteiger partial charge is 0.251 e. The predicted octanol–water partition coefficient (Wildman–Crippen LogP) is 0.754. The summed E-state index contributed by atoms with van der Waals surface area (Å²) in [4.78, 5) is 12.0. The molecule has 0 aliphatic carbocycles. The number of aryl methyl sites for hydroxylation is 1. The second-order valence-corrected chi connectivity index (χ2v) is 6.65. The molecule has 0 aliphatic rings. The number of carbonyl (C=O) groups excluding carboxylic acids is 1. The van der Waals surface area contributed by atoms with E-state index in [2.05, 4.69) is 15.4 Å². The van der Waals surface area contributed by atoms with Gasteiger partial charge in [0, 0.05) is 32.3 Å². The van der Waals surface area contributed by atoms with E-state index in [4.69, 9.17) is 4.74 Å². The molecule has 9 heteroatoms. The zero-order chi connectivity index (χ0) is 16.6. The van der Waals surface area contributed by atoms with Crippen LogP contribution in [0.15, 0.2) is 18.2 Å². The van der Waals surface area contributed by atoms with E-state index in [0.29, 0.717) is 30.9 Å². The normalized spacial score (nSPS) is 10.7. The highest BCUT2D eigenvalue weighted by molar-refractivity contribution is 7.92. The van der Waals surface area contributed by atoms with Crippen molar-refractivity contribution in [2.45, 2.75) is 6.92 Å². The van der Waals surface area contributed by atoms with Crippen LogP contribution in [-0.2, 0) is 14.8 Å². The Balaban J connectivity index is 0.00000484. The van der Waals surface area contributed by atoms with Gasteiger partial charge >= 0.3 is 0 Å². The molecule has 7 nitrogen and oxygen atoms in total. The summed E-state index contributed by atoms with van der Waals surface area (Å²) >= 11 is 0. The molecule has 1 aromatic carbocycles. The number of benzene rings is 1. The van der Waals surface area contributed by atoms with E-state index in [9.17, 15) is 13.2 Å². The number of carbonyl (C=O) groups is 1. The quantitative estimate of drug-likeness (QED) is 0.561. The first kappa shape index (κ1) is 21.6. The number of halogens is 1. The number of anilines is 1. The average Bonchev–Trinajstić information content (AvgIpc) is 2.43. The second kappa shape index (κ2) is 10.4. The van der Waals surface area contributed by atoms with Crippen LogP contribution >= 0.6 is 12.4 Å². The Hall–Kier alpha value is -1.35. The molecule has 0 aromatic heterocycles. The topological polar surface area (TPSA) is 96.5 Å². The van der Waals surface area contributed by atoms with Gasteiger partial charge in [-0.3, -0.25) is 9.52 Å². The number of sulfonamides is 1. The van der Waals surface area contributed by atoms with E-state index >= 15 is 0 Å². The van der Waals surface area contributed by atoms with Crippen molar-refractivity contribution in [1.82, 2.24) is 10.6 Å². The van der Waals surface area contributed by atoms with Crippen molar-refractivity contribution in [2.24, 2.45) is 0 Å². The molecule has 0 spiro atoms. The van der Waals surface area contributed by atoms with E-state index in [1.165, 1.54) is 6.07 Å². The molecule has 0 atom stereocenters. The molecule has 0 aliphatic heterocycles. The summed E-state index contributed by atoms with van der Waals surface area (Å²) in [5.41, 5.74) is 1.57. The van der Waals surface area contributed by atoms with Crippen molar-refractivity contribution in [1.29, 1.82) is 0 Å². The van der Waals surface area contributed by atoms with E-state index in [1.54, 1.807) is 26.2 Å². The molecule has 0 heterocycles. The molecular formula is C14H24ClN3O4S. The van der Waals surface area contributed by atoms with Gasteiger partial charge in [0.05, 0.1) is 18.6 Å². The van der Waals surface area contributed by atoms with Gasteiger partial charge in [-0.2, -0.15) is 0 Å². The second-order valence-electron chi connectivity index (χ2n) is 4.90. The summed E-state index contributed by atoms with van der Waals surface area (Å²) < 4.78 is 29.9. The van der Waals surface area contributed by atoms with Crippen LogP contribution in [0.3, 0.4) is 0 Å². The Morgan fingerprint density at radius 3 is 2.52 bits per heavy atom. The fourth-order valence-electron chi connectivity index (χ4n) is 1.74. The lowest BCUT2D eigenvalue weighted by Gasteiger charge is -2.11. The van der Waals surface area contributed by atoms with Gasteiger partial charge in [-0.15, -0.1) is 12.4 Å². The molecule has 0 saturated carbocycles. The molecule has 132 valence electrons. The van der Waals surface area contributed by atoms with Crippen molar-refractivity contribution in [3.63, 3.8) is 0 Å². The summed E-state index contributed by atoms with van der Waals surface area (Å²) in [6.45, 7) is 4.22. The standard InChI is InChI=1S/C14H23N3O4S.ClH/c1-11-4-5-12(10-13(11)17-22(3,19)20)14(18)16-7-6-15-8-9-21-2;/h4-5,10,15,17H,6-9H2,1-3H3,(H,16,18);1H. The maximum atomic E-state index is 12.0. The lowest BCUT2D eigenvalue weighted by molar-refractivity contribution is 0.0953. The van der Waals surface area contributed by atoms with Crippen molar-refractivity contribution in [3.05, 3.63) is 29.3 Å². The summed E-state index contributed by atoms with van der Waals surface area (Å²) in [7, 11) is -1.75. The van der Waals surface area contributed by atoms with Crippen molar-refractivity contribution in [2.75, 3.05) is 44.3 Å². The molecule has 0 radical (unpaired) electrons. The number of hydrogen-bond donors (Lipinski definition) is 3. The minimum Gasteiger partial charge on any atom is -0.383 e. The van der Waals surface area contributed by atoms with E-state index in [0.717, 1.165) is 18.4 Å². The monoisotopic (exact) mass is 365 g/mol. The van der Waals surface area contributed by atoms with E-state index in [1.807, 2.05) is 0 Å². The zero-order valence-electron chi connectivity index (χ0n) is 13.5. The van der Waals surface area contributed by atoms with Gasteiger partial charge in [0.25, 0.3) is 5.91 Å². The third-order valence-electron chi connectivity index (χ3n) is 2.87. The van der Waals surface area contributed by atoms with Gasteiger partial charge in [0.2, 0.25) is 10.0 Å². The van der Waals surface area contributed by atoms with E-state index in [-0.39, 0.29) is 18.3 Å².